The zero-order chi connectivity index (χ0) is 27.1. The van der Waals surface area contributed by atoms with Crippen LogP contribution in [0.25, 0.3) is 10.9 Å². The molecule has 4 aromatic rings. The summed E-state index contributed by atoms with van der Waals surface area (Å²) in [6.07, 6.45) is 3.43. The zero-order valence-electron chi connectivity index (χ0n) is 21.9. The number of likely N-dealkylation sites (N-methyl/N-ethyl adjacent to an activating group) is 1. The summed E-state index contributed by atoms with van der Waals surface area (Å²) in [5, 5.41) is 13.2. The van der Waals surface area contributed by atoms with Gasteiger partial charge in [0.05, 0.1) is 5.52 Å². The van der Waals surface area contributed by atoms with E-state index < -0.39 is 11.6 Å². The summed E-state index contributed by atoms with van der Waals surface area (Å²) in [5.41, 5.74) is 2.85. The van der Waals surface area contributed by atoms with Gasteiger partial charge in [-0.05, 0) is 63.1 Å². The van der Waals surface area contributed by atoms with Crippen molar-refractivity contribution in [1.29, 1.82) is 5.26 Å². The van der Waals surface area contributed by atoms with Crippen LogP contribution in [0, 0.1) is 35.8 Å². The van der Waals surface area contributed by atoms with Crippen molar-refractivity contribution in [3.63, 3.8) is 0 Å². The maximum Gasteiger partial charge on any atom is 0.242 e. The van der Waals surface area contributed by atoms with Crippen LogP contribution in [0.3, 0.4) is 0 Å². The number of halogens is 2. The number of hydrogen-bond donors (Lipinski definition) is 1. The molecule has 1 saturated heterocycles. The highest BCUT2D eigenvalue weighted by atomic mass is 19.1. The fraction of sp³-hybridized carbons (Fsp3) is 0.345. The number of aryl methyl sites for hydroxylation is 1. The van der Waals surface area contributed by atoms with E-state index in [0.717, 1.165) is 62.2 Å². The van der Waals surface area contributed by atoms with Crippen LogP contribution in [0.4, 0.5) is 26.0 Å². The lowest BCUT2D eigenvalue weighted by Gasteiger charge is -2.34. The van der Waals surface area contributed by atoms with Crippen molar-refractivity contribution in [3.8, 4) is 17.7 Å². The van der Waals surface area contributed by atoms with Crippen LogP contribution in [0.15, 0.2) is 42.7 Å². The highest BCUT2D eigenvalue weighted by Crippen LogP contribution is 2.38. The molecule has 0 spiro atoms. The highest BCUT2D eigenvalue weighted by Gasteiger charge is 2.26. The van der Waals surface area contributed by atoms with E-state index in [-0.39, 0.29) is 33.9 Å². The molecule has 0 bridgehead atoms. The smallest absolute Gasteiger partial charge is 0.242 e. The molecule has 10 heteroatoms. The molecule has 1 aliphatic carbocycles. The van der Waals surface area contributed by atoms with Gasteiger partial charge in [0.25, 0.3) is 0 Å². The Kier molecular flexibility index (Phi) is 6.53. The third-order valence-electron chi connectivity index (χ3n) is 7.51. The maximum absolute atomic E-state index is 15.5. The van der Waals surface area contributed by atoms with Gasteiger partial charge >= 0.3 is 0 Å². The second-order valence-corrected chi connectivity index (χ2v) is 10.4. The molecule has 0 amide bonds. The van der Waals surface area contributed by atoms with E-state index in [1.165, 1.54) is 6.33 Å². The van der Waals surface area contributed by atoms with Crippen molar-refractivity contribution in [2.75, 3.05) is 43.4 Å². The minimum Gasteiger partial charge on any atom is -0.434 e. The quantitative estimate of drug-likeness (QED) is 0.334. The van der Waals surface area contributed by atoms with Crippen LogP contribution in [0.2, 0.25) is 0 Å². The molecular weight excluding hydrogens is 500 g/mol. The average Bonchev–Trinajstić information content (AvgIpc) is 3.69. The first-order valence-electron chi connectivity index (χ1n) is 13.1. The SMILES string of the molecule is Cc1cc2c(F)c(Oc3ncnc(Nc4ccc(N5CCN(C)CC5)cc4)c3C#N)cc(F)c2n1CC1CC1. The number of aromatic nitrogens is 3. The number of nitrogens with zero attached hydrogens (tertiary/aromatic N) is 6. The summed E-state index contributed by atoms with van der Waals surface area (Å²) in [5.74, 6) is -1.05. The Morgan fingerprint density at radius 3 is 2.51 bits per heavy atom. The van der Waals surface area contributed by atoms with Gasteiger partial charge in [-0.25, -0.2) is 18.7 Å². The Morgan fingerprint density at radius 1 is 1.08 bits per heavy atom. The first-order chi connectivity index (χ1) is 18.9. The number of piperazine rings is 1. The van der Waals surface area contributed by atoms with E-state index in [1.54, 1.807) is 6.07 Å². The Balaban J connectivity index is 1.25. The molecular formula is C29H29F2N7O. The molecule has 2 aromatic carbocycles. The summed E-state index contributed by atoms with van der Waals surface area (Å²) in [6.45, 7) is 6.46. The number of benzene rings is 2. The third-order valence-corrected chi connectivity index (χ3v) is 7.51. The fourth-order valence-electron chi connectivity index (χ4n) is 5.05. The van der Waals surface area contributed by atoms with Gasteiger partial charge in [-0.2, -0.15) is 5.26 Å². The van der Waals surface area contributed by atoms with Gasteiger partial charge in [0.1, 0.15) is 12.4 Å². The van der Waals surface area contributed by atoms with Crippen molar-refractivity contribution in [2.45, 2.75) is 26.3 Å². The predicted octanol–water partition coefficient (Wildman–Crippen LogP) is 5.59. The Hall–Kier alpha value is -4.23. The van der Waals surface area contributed by atoms with E-state index >= 15 is 8.78 Å². The molecule has 2 fully saturated rings. The molecule has 3 heterocycles. The zero-order valence-corrected chi connectivity index (χ0v) is 21.9. The highest BCUT2D eigenvalue weighted by molar-refractivity contribution is 5.84. The molecule has 6 rings (SSSR count). The van der Waals surface area contributed by atoms with E-state index in [1.807, 2.05) is 41.8 Å². The molecule has 2 aromatic heterocycles. The summed E-state index contributed by atoms with van der Waals surface area (Å²) < 4.78 is 38.3. The molecule has 1 N–H and O–H groups in total. The Bertz CT molecular complexity index is 1570. The van der Waals surface area contributed by atoms with Crippen LogP contribution in [0.5, 0.6) is 11.6 Å². The predicted molar refractivity (Wildman–Crippen MR) is 146 cm³/mol. The largest absolute Gasteiger partial charge is 0.434 e. The lowest BCUT2D eigenvalue weighted by atomic mass is 10.2. The number of anilines is 3. The minimum atomic E-state index is -0.694. The van der Waals surface area contributed by atoms with Gasteiger partial charge in [-0.3, -0.25) is 0 Å². The van der Waals surface area contributed by atoms with Gasteiger partial charge in [-0.15, -0.1) is 0 Å². The minimum absolute atomic E-state index is 0.0111. The maximum atomic E-state index is 15.5. The summed E-state index contributed by atoms with van der Waals surface area (Å²) in [7, 11) is 2.12. The first kappa shape index (κ1) is 25.1. The van der Waals surface area contributed by atoms with Gasteiger partial charge in [0.2, 0.25) is 5.88 Å². The van der Waals surface area contributed by atoms with E-state index in [2.05, 4.69) is 32.1 Å². The molecule has 39 heavy (non-hydrogen) atoms. The van der Waals surface area contributed by atoms with Crippen molar-refractivity contribution < 1.29 is 13.5 Å². The van der Waals surface area contributed by atoms with Crippen molar-refractivity contribution in [2.24, 2.45) is 5.92 Å². The number of fused-ring (bicyclic) bond motifs is 1. The second kappa shape index (κ2) is 10.2. The molecule has 2 aliphatic rings. The monoisotopic (exact) mass is 529 g/mol. The lowest BCUT2D eigenvalue weighted by molar-refractivity contribution is 0.313. The fourth-order valence-corrected chi connectivity index (χ4v) is 5.05. The van der Waals surface area contributed by atoms with Crippen LogP contribution < -0.4 is 15.0 Å². The standard InChI is InChI=1S/C29H29F2N7O/c1-18-13-22-26(31)25(14-24(30)27(22)38(18)16-19-3-4-19)39-29-23(15-32)28(33-17-34-29)35-20-5-7-21(8-6-20)37-11-9-36(2)10-12-37/h5-8,13-14,17,19H,3-4,9-12,16H2,1-2H3,(H,33,34,35). The van der Waals surface area contributed by atoms with E-state index in [4.69, 9.17) is 4.74 Å². The normalized spacial score (nSPS) is 15.9. The molecule has 0 radical (unpaired) electrons. The summed E-state index contributed by atoms with van der Waals surface area (Å²) in [4.78, 5) is 12.9. The lowest BCUT2D eigenvalue weighted by Crippen LogP contribution is -2.44. The van der Waals surface area contributed by atoms with E-state index in [9.17, 15) is 5.26 Å². The number of nitriles is 1. The molecule has 1 saturated carbocycles. The van der Waals surface area contributed by atoms with Crippen molar-refractivity contribution in [3.05, 3.63) is 65.6 Å². The first-order valence-corrected chi connectivity index (χ1v) is 13.1. The Morgan fingerprint density at radius 2 is 1.82 bits per heavy atom. The Labute approximate surface area is 225 Å². The number of rotatable bonds is 7. The molecule has 0 atom stereocenters. The summed E-state index contributed by atoms with van der Waals surface area (Å²) in [6, 6.07) is 12.6. The third kappa shape index (κ3) is 4.98. The second-order valence-electron chi connectivity index (χ2n) is 10.4. The number of nitrogens with one attached hydrogen (secondary N) is 1. The molecule has 200 valence electrons. The van der Waals surface area contributed by atoms with Gasteiger partial charge in [0.15, 0.2) is 28.8 Å². The van der Waals surface area contributed by atoms with Gasteiger partial charge in [-0.1, -0.05) is 0 Å². The van der Waals surface area contributed by atoms with E-state index in [0.29, 0.717) is 12.5 Å². The topological polar surface area (TPSA) is 82.2 Å². The van der Waals surface area contributed by atoms with Gasteiger partial charge in [0, 0.05) is 61.2 Å². The van der Waals surface area contributed by atoms with Crippen LogP contribution in [-0.4, -0.2) is 52.7 Å². The molecule has 8 nitrogen and oxygen atoms in total. The number of ether oxygens (including phenoxy) is 1. The average molecular weight is 530 g/mol. The van der Waals surface area contributed by atoms with Gasteiger partial charge < -0.3 is 24.4 Å². The number of hydrogen-bond acceptors (Lipinski definition) is 7. The molecule has 1 aliphatic heterocycles. The van der Waals surface area contributed by atoms with Crippen LogP contribution in [0.1, 0.15) is 24.1 Å². The van der Waals surface area contributed by atoms with Crippen LogP contribution in [-0.2, 0) is 6.54 Å². The summed E-state index contributed by atoms with van der Waals surface area (Å²) >= 11 is 0. The van der Waals surface area contributed by atoms with Crippen molar-refractivity contribution >= 4 is 28.1 Å². The van der Waals surface area contributed by atoms with Crippen molar-refractivity contribution in [1.82, 2.24) is 19.4 Å². The van der Waals surface area contributed by atoms with Crippen LogP contribution >= 0.6 is 0 Å². The molecule has 0 unspecified atom stereocenters.